The van der Waals surface area contributed by atoms with Gasteiger partial charge in [0.15, 0.2) is 0 Å². The van der Waals surface area contributed by atoms with Crippen molar-refractivity contribution in [1.29, 1.82) is 5.26 Å². The number of methoxy groups -OCH3 is 1. The van der Waals surface area contributed by atoms with E-state index in [-0.39, 0.29) is 11.3 Å². The number of nitriles is 1. The number of anilines is 1. The van der Waals surface area contributed by atoms with E-state index in [4.69, 9.17) is 4.74 Å². The van der Waals surface area contributed by atoms with Crippen molar-refractivity contribution in [2.24, 2.45) is 0 Å². The molecule has 0 unspecified atom stereocenters. The van der Waals surface area contributed by atoms with Crippen LogP contribution >= 0.6 is 15.9 Å². The quantitative estimate of drug-likeness (QED) is 0.416. The molecule has 2 aromatic carbocycles. The van der Waals surface area contributed by atoms with E-state index in [1.54, 1.807) is 31.4 Å². The Hall–Kier alpha value is -2.91. The number of hydrogen-bond donors (Lipinski definition) is 1. The molecule has 0 bridgehead atoms. The average molecular weight is 415 g/mol. The van der Waals surface area contributed by atoms with Crippen LogP contribution in [-0.4, -0.2) is 13.0 Å². The molecule has 1 N–H and O–H groups in total. The minimum Gasteiger partial charge on any atom is -0.495 e. The van der Waals surface area contributed by atoms with Gasteiger partial charge in [-0.15, -0.1) is 6.58 Å². The molecule has 0 fully saturated rings. The first kappa shape index (κ1) is 19.4. The number of allylic oxidation sites excluding steroid dienone is 1. The Bertz CT molecular complexity index is 917. The Kier molecular flexibility index (Phi) is 6.70. The van der Waals surface area contributed by atoms with Gasteiger partial charge in [0.05, 0.1) is 17.3 Å². The van der Waals surface area contributed by atoms with Crippen LogP contribution in [-0.2, 0) is 11.2 Å². The molecular weight excluding hydrogens is 399 g/mol. The largest absolute Gasteiger partial charge is 0.495 e. The van der Waals surface area contributed by atoms with Gasteiger partial charge in [0, 0.05) is 0 Å². The zero-order chi connectivity index (χ0) is 19.1. The number of ether oxygens (including phenoxy) is 1. The van der Waals surface area contributed by atoms with Crippen LogP contribution in [0.2, 0.25) is 0 Å². The molecule has 0 heterocycles. The van der Waals surface area contributed by atoms with Crippen molar-refractivity contribution in [3.63, 3.8) is 0 Å². The Morgan fingerprint density at radius 1 is 1.42 bits per heavy atom. The highest BCUT2D eigenvalue weighted by Gasteiger charge is 2.13. The van der Waals surface area contributed by atoms with Gasteiger partial charge in [0.2, 0.25) is 0 Å². The van der Waals surface area contributed by atoms with E-state index >= 15 is 0 Å². The molecule has 1 amide bonds. The minimum atomic E-state index is -0.685. The smallest absolute Gasteiger partial charge is 0.266 e. The summed E-state index contributed by atoms with van der Waals surface area (Å²) in [5.41, 5.74) is 1.36. The van der Waals surface area contributed by atoms with Gasteiger partial charge in [-0.25, -0.2) is 4.39 Å². The lowest BCUT2D eigenvalue weighted by molar-refractivity contribution is -0.112. The average Bonchev–Trinajstić information content (AvgIpc) is 2.61. The van der Waals surface area contributed by atoms with Crippen LogP contribution < -0.4 is 10.1 Å². The molecule has 6 heteroatoms. The first-order chi connectivity index (χ1) is 12.5. The van der Waals surface area contributed by atoms with Gasteiger partial charge in [-0.05, 0) is 63.8 Å². The standard InChI is InChI=1S/C20H16BrFN2O2/c1-3-6-14-9-13(11-16(21)19(14)26-2)10-15(12-23)20(25)24-18-8-5-4-7-17(18)22/h3-5,7-11H,1,6H2,2H3,(H,24,25)/b15-10-. The lowest BCUT2D eigenvalue weighted by atomic mass is 10.0. The van der Waals surface area contributed by atoms with Gasteiger partial charge in [0.25, 0.3) is 5.91 Å². The van der Waals surface area contributed by atoms with Gasteiger partial charge in [-0.1, -0.05) is 18.2 Å². The fourth-order valence-electron chi connectivity index (χ4n) is 2.36. The first-order valence-electron chi connectivity index (χ1n) is 7.65. The molecule has 0 aromatic heterocycles. The Morgan fingerprint density at radius 2 is 2.15 bits per heavy atom. The van der Waals surface area contributed by atoms with Crippen LogP contribution in [0.25, 0.3) is 6.08 Å². The minimum absolute atomic E-state index is 0.0157. The van der Waals surface area contributed by atoms with Gasteiger partial charge in [-0.3, -0.25) is 4.79 Å². The topological polar surface area (TPSA) is 62.1 Å². The second-order valence-corrected chi connectivity index (χ2v) is 6.15. The van der Waals surface area contributed by atoms with E-state index in [1.165, 1.54) is 24.3 Å². The summed E-state index contributed by atoms with van der Waals surface area (Å²) in [6.45, 7) is 3.71. The van der Waals surface area contributed by atoms with Crippen molar-refractivity contribution < 1.29 is 13.9 Å². The second kappa shape index (κ2) is 8.97. The Morgan fingerprint density at radius 3 is 2.77 bits per heavy atom. The molecule has 0 radical (unpaired) electrons. The summed E-state index contributed by atoms with van der Waals surface area (Å²) < 4.78 is 19.7. The zero-order valence-corrected chi connectivity index (χ0v) is 15.6. The van der Waals surface area contributed by atoms with Crippen molar-refractivity contribution in [3.05, 3.63) is 76.0 Å². The number of rotatable bonds is 6. The second-order valence-electron chi connectivity index (χ2n) is 5.29. The summed E-state index contributed by atoms with van der Waals surface area (Å²) in [6.07, 6.45) is 3.73. The van der Waals surface area contributed by atoms with E-state index in [2.05, 4.69) is 27.8 Å². The lowest BCUT2D eigenvalue weighted by Crippen LogP contribution is -2.14. The molecule has 0 aliphatic rings. The molecule has 26 heavy (non-hydrogen) atoms. The van der Waals surface area contributed by atoms with Crippen LogP contribution in [0.15, 0.2) is 59.1 Å². The number of amides is 1. The molecule has 0 atom stereocenters. The maximum atomic E-state index is 13.7. The van der Waals surface area contributed by atoms with Crippen molar-refractivity contribution >= 4 is 33.6 Å². The summed E-state index contributed by atoms with van der Waals surface area (Å²) in [5.74, 6) is -0.593. The van der Waals surface area contributed by atoms with E-state index < -0.39 is 11.7 Å². The third kappa shape index (κ3) is 4.58. The maximum Gasteiger partial charge on any atom is 0.266 e. The van der Waals surface area contributed by atoms with Crippen LogP contribution in [0.5, 0.6) is 5.75 Å². The summed E-state index contributed by atoms with van der Waals surface area (Å²) in [7, 11) is 1.56. The van der Waals surface area contributed by atoms with Crippen molar-refractivity contribution in [1.82, 2.24) is 0 Å². The SMILES string of the molecule is C=CCc1cc(/C=C(/C#N)C(=O)Nc2ccccc2F)cc(Br)c1OC. The lowest BCUT2D eigenvalue weighted by Gasteiger charge is -2.11. The number of carbonyl (C=O) groups is 1. The highest BCUT2D eigenvalue weighted by Crippen LogP contribution is 2.32. The van der Waals surface area contributed by atoms with Gasteiger partial charge in [-0.2, -0.15) is 5.26 Å². The number of nitrogens with zero attached hydrogens (tertiary/aromatic N) is 1. The van der Waals surface area contributed by atoms with Crippen molar-refractivity contribution in [3.8, 4) is 11.8 Å². The predicted molar refractivity (Wildman–Crippen MR) is 103 cm³/mol. The van der Waals surface area contributed by atoms with Gasteiger partial charge in [0.1, 0.15) is 23.2 Å². The molecule has 2 aromatic rings. The molecule has 0 spiro atoms. The Labute approximate surface area is 159 Å². The number of benzene rings is 2. The normalized spacial score (nSPS) is 10.8. The number of para-hydroxylation sites is 1. The molecule has 0 saturated carbocycles. The first-order valence-corrected chi connectivity index (χ1v) is 8.44. The van der Waals surface area contributed by atoms with Crippen LogP contribution in [0, 0.1) is 17.1 Å². The summed E-state index contributed by atoms with van der Waals surface area (Å²) in [5, 5.41) is 11.7. The van der Waals surface area contributed by atoms with Gasteiger partial charge < -0.3 is 10.1 Å². The molecule has 132 valence electrons. The zero-order valence-electron chi connectivity index (χ0n) is 14.1. The Balaban J connectivity index is 2.36. The van der Waals surface area contributed by atoms with Crippen molar-refractivity contribution in [2.75, 3.05) is 12.4 Å². The molecule has 4 nitrogen and oxygen atoms in total. The third-order valence-corrected chi connectivity index (χ3v) is 4.10. The van der Waals surface area contributed by atoms with Crippen LogP contribution in [0.3, 0.4) is 0 Å². The van der Waals surface area contributed by atoms with E-state index in [0.717, 1.165) is 5.56 Å². The molecule has 0 aliphatic carbocycles. The molecule has 0 aliphatic heterocycles. The number of hydrogen-bond acceptors (Lipinski definition) is 3. The number of nitrogens with one attached hydrogen (secondary N) is 1. The van der Waals surface area contributed by atoms with Crippen molar-refractivity contribution in [2.45, 2.75) is 6.42 Å². The highest BCUT2D eigenvalue weighted by molar-refractivity contribution is 9.10. The molecule has 2 rings (SSSR count). The maximum absolute atomic E-state index is 13.7. The monoisotopic (exact) mass is 414 g/mol. The fraction of sp³-hybridized carbons (Fsp3) is 0.100. The molecular formula is C20H16BrFN2O2. The highest BCUT2D eigenvalue weighted by atomic mass is 79.9. The van der Waals surface area contributed by atoms with Crippen LogP contribution in [0.1, 0.15) is 11.1 Å². The van der Waals surface area contributed by atoms with Crippen LogP contribution in [0.4, 0.5) is 10.1 Å². The summed E-state index contributed by atoms with van der Waals surface area (Å²) in [4.78, 5) is 12.3. The summed E-state index contributed by atoms with van der Waals surface area (Å²) in [6, 6.07) is 11.2. The number of carbonyl (C=O) groups excluding carboxylic acids is 1. The number of halogens is 2. The van der Waals surface area contributed by atoms with Gasteiger partial charge >= 0.3 is 0 Å². The fourth-order valence-corrected chi connectivity index (χ4v) is 3.04. The third-order valence-electron chi connectivity index (χ3n) is 3.51. The van der Waals surface area contributed by atoms with E-state index in [1.807, 2.05) is 6.07 Å². The van der Waals surface area contributed by atoms with E-state index in [9.17, 15) is 14.4 Å². The summed E-state index contributed by atoms with van der Waals surface area (Å²) >= 11 is 3.42. The predicted octanol–water partition coefficient (Wildman–Crippen LogP) is 4.87. The molecule has 0 saturated heterocycles. The van der Waals surface area contributed by atoms with E-state index in [0.29, 0.717) is 22.2 Å².